The zero-order valence-electron chi connectivity index (χ0n) is 24.0. The minimum Gasteiger partial charge on any atom is -0.673 e. The summed E-state index contributed by atoms with van der Waals surface area (Å²) in [6.45, 7) is 8.99. The van der Waals surface area contributed by atoms with Crippen molar-refractivity contribution in [3.05, 3.63) is 139 Å². The third kappa shape index (κ3) is 7.99. The Labute approximate surface area is 251 Å². The fourth-order valence-corrected chi connectivity index (χ4v) is 4.77. The van der Waals surface area contributed by atoms with E-state index in [9.17, 15) is 0 Å². The maximum absolute atomic E-state index is 5.54. The van der Waals surface area contributed by atoms with Gasteiger partial charge in [-0.2, -0.15) is 0 Å². The predicted octanol–water partition coefficient (Wildman–Crippen LogP) is 10.3. The van der Waals surface area contributed by atoms with E-state index >= 15 is 0 Å². The molecule has 1 heterocycles. The van der Waals surface area contributed by atoms with Crippen molar-refractivity contribution >= 4 is 5.69 Å². The zero-order chi connectivity index (χ0) is 24.6. The van der Waals surface area contributed by atoms with Crippen LogP contribution in [-0.4, -0.2) is 4.98 Å². The van der Waals surface area contributed by atoms with Crippen LogP contribution in [0.25, 0.3) is 16.6 Å². The third-order valence-corrected chi connectivity index (χ3v) is 6.45. The topological polar surface area (TPSA) is 27.0 Å². The van der Waals surface area contributed by atoms with Crippen LogP contribution in [0.4, 0.5) is 5.69 Å². The van der Waals surface area contributed by atoms with Gasteiger partial charge in [0.05, 0.1) is 0 Å². The summed E-state index contributed by atoms with van der Waals surface area (Å²) in [6, 6.07) is 32.9. The second-order valence-corrected chi connectivity index (χ2v) is 9.46. The van der Waals surface area contributed by atoms with Gasteiger partial charge in [0.1, 0.15) is 0 Å². The Balaban J connectivity index is 0.00000241. The Bertz CT molecular complexity index is 1210. The fraction of sp³-hybridized carbons (Fsp3) is 0.286. The summed E-state index contributed by atoms with van der Waals surface area (Å²) in [5, 5.41) is 5.54. The smallest absolute Gasteiger partial charge is 0.0195 e. The van der Waals surface area contributed by atoms with Gasteiger partial charge in [0.15, 0.2) is 0 Å². The van der Waals surface area contributed by atoms with E-state index in [4.69, 9.17) is 10.3 Å². The van der Waals surface area contributed by atoms with Crippen molar-refractivity contribution in [3.63, 3.8) is 0 Å². The van der Waals surface area contributed by atoms with Crippen LogP contribution < -0.4 is 0 Å². The number of hydrogen-bond donors (Lipinski definition) is 0. The van der Waals surface area contributed by atoms with Crippen LogP contribution in [-0.2, 0) is 38.7 Å². The molecule has 0 aliphatic heterocycles. The molecule has 4 rings (SSSR count). The van der Waals surface area contributed by atoms with Crippen molar-refractivity contribution in [3.8, 4) is 11.3 Å². The van der Waals surface area contributed by atoms with Crippen molar-refractivity contribution in [2.75, 3.05) is 0 Å². The average molecular weight is 669 g/mol. The Hall–Kier alpha value is -2.52. The average Bonchev–Trinajstić information content (AvgIpc) is 2.89. The van der Waals surface area contributed by atoms with E-state index in [-0.39, 0.29) is 46.7 Å². The molecule has 0 spiro atoms. The van der Waals surface area contributed by atoms with Gasteiger partial charge in [-0.25, -0.2) is 0 Å². The summed E-state index contributed by atoms with van der Waals surface area (Å²) >= 11 is 0. The standard InChI is InChI=1S/C33H36N2.2CH3.Hf/c1-5-14-26-18-12-19-27(15-6-2)32(26)35-33(29-21-11-10-20-28(29)24(3)4)31-23-13-22-30(34-31)25-16-8-7-9-17-25;;;/h7-13,16,18-24,33H,5-6,14-15H2,1-4H3;2*1H3;/q-2;2*-1;. The van der Waals surface area contributed by atoms with E-state index < -0.39 is 0 Å². The van der Waals surface area contributed by atoms with Crippen LogP contribution in [0.2, 0.25) is 0 Å². The first-order valence-corrected chi connectivity index (χ1v) is 13.0. The quantitative estimate of drug-likeness (QED) is 0.122. The van der Waals surface area contributed by atoms with E-state index in [2.05, 4.69) is 100 Å². The van der Waals surface area contributed by atoms with Crippen LogP contribution in [0.15, 0.2) is 84.9 Å². The van der Waals surface area contributed by atoms with Crippen LogP contribution in [0.5, 0.6) is 0 Å². The SMILES string of the molecule is CCCc1cccc(CCC)c1[N-]C(c1cccc(-c2[c-]cccc2)n1)c1ccccc1C(C)C.[CH3-].[CH3-].[Hf]. The van der Waals surface area contributed by atoms with Gasteiger partial charge in [0.25, 0.3) is 0 Å². The van der Waals surface area contributed by atoms with Crippen LogP contribution in [0.3, 0.4) is 0 Å². The normalized spacial score (nSPS) is 11.1. The summed E-state index contributed by atoms with van der Waals surface area (Å²) in [5.41, 5.74) is 9.28. The van der Waals surface area contributed by atoms with Crippen molar-refractivity contribution in [1.29, 1.82) is 0 Å². The Morgan fingerprint density at radius 1 is 0.737 bits per heavy atom. The number of benzene rings is 3. The van der Waals surface area contributed by atoms with Gasteiger partial charge >= 0.3 is 0 Å². The second kappa shape index (κ2) is 16.4. The number of nitrogens with zero attached hydrogens (tertiary/aromatic N) is 2. The van der Waals surface area contributed by atoms with E-state index in [1.54, 1.807) is 0 Å². The molecule has 1 aromatic heterocycles. The third-order valence-electron chi connectivity index (χ3n) is 6.45. The van der Waals surface area contributed by atoms with Crippen molar-refractivity contribution in [1.82, 2.24) is 4.98 Å². The van der Waals surface area contributed by atoms with Crippen molar-refractivity contribution in [2.45, 2.75) is 65.3 Å². The second-order valence-electron chi connectivity index (χ2n) is 9.46. The minimum absolute atomic E-state index is 0. The van der Waals surface area contributed by atoms with Gasteiger partial charge in [0, 0.05) is 31.5 Å². The molecular formula is C35H42HfN2-4. The summed E-state index contributed by atoms with van der Waals surface area (Å²) in [5.74, 6) is 0.399. The van der Waals surface area contributed by atoms with Crippen molar-refractivity contribution in [2.24, 2.45) is 0 Å². The fourth-order valence-electron chi connectivity index (χ4n) is 4.77. The molecule has 0 radical (unpaired) electrons. The molecular weight excluding hydrogens is 627 g/mol. The molecule has 3 heteroatoms. The summed E-state index contributed by atoms with van der Waals surface area (Å²) in [4.78, 5) is 5.14. The number of para-hydroxylation sites is 1. The molecule has 1 atom stereocenters. The number of pyridine rings is 1. The van der Waals surface area contributed by atoms with Gasteiger partial charge in [0.2, 0.25) is 0 Å². The molecule has 38 heavy (non-hydrogen) atoms. The largest absolute Gasteiger partial charge is 0.673 e. The van der Waals surface area contributed by atoms with Crippen LogP contribution >= 0.6 is 0 Å². The van der Waals surface area contributed by atoms with Gasteiger partial charge < -0.3 is 25.2 Å². The Morgan fingerprint density at radius 3 is 1.92 bits per heavy atom. The maximum Gasteiger partial charge on any atom is 0.0195 e. The number of aryl methyl sites for hydroxylation is 2. The molecule has 200 valence electrons. The van der Waals surface area contributed by atoms with E-state index in [0.717, 1.165) is 48.3 Å². The maximum atomic E-state index is 5.54. The first kappa shape index (κ1) is 33.5. The molecule has 0 bridgehead atoms. The minimum atomic E-state index is -0.175. The summed E-state index contributed by atoms with van der Waals surface area (Å²) in [6.07, 6.45) is 4.26. The summed E-state index contributed by atoms with van der Waals surface area (Å²) in [7, 11) is 0. The van der Waals surface area contributed by atoms with Gasteiger partial charge in [-0.15, -0.1) is 41.6 Å². The monoisotopic (exact) mass is 670 g/mol. The molecule has 0 N–H and O–H groups in total. The molecule has 3 aromatic carbocycles. The number of rotatable bonds is 10. The van der Waals surface area contributed by atoms with Gasteiger partial charge in [-0.05, 0) is 42.1 Å². The molecule has 0 amide bonds. The van der Waals surface area contributed by atoms with E-state index in [1.165, 1.54) is 22.3 Å². The van der Waals surface area contributed by atoms with Gasteiger partial charge in [-0.3, -0.25) is 0 Å². The molecule has 4 aromatic rings. The van der Waals surface area contributed by atoms with E-state index in [0.29, 0.717) is 5.92 Å². The predicted molar refractivity (Wildman–Crippen MR) is 161 cm³/mol. The first-order valence-electron chi connectivity index (χ1n) is 13.0. The molecule has 0 aliphatic rings. The van der Waals surface area contributed by atoms with E-state index in [1.807, 2.05) is 18.2 Å². The molecule has 0 saturated heterocycles. The number of aromatic nitrogens is 1. The molecule has 0 fully saturated rings. The Morgan fingerprint density at radius 2 is 1.34 bits per heavy atom. The molecule has 0 aliphatic carbocycles. The Kier molecular flexibility index (Phi) is 14.5. The first-order chi connectivity index (χ1) is 17.1. The number of hydrogen-bond acceptors (Lipinski definition) is 1. The van der Waals surface area contributed by atoms with Crippen molar-refractivity contribution < 1.29 is 25.8 Å². The van der Waals surface area contributed by atoms with Crippen LogP contribution in [0, 0.1) is 20.9 Å². The van der Waals surface area contributed by atoms with Crippen LogP contribution in [0.1, 0.15) is 80.4 Å². The molecule has 1 unspecified atom stereocenters. The zero-order valence-corrected chi connectivity index (χ0v) is 27.6. The molecule has 2 nitrogen and oxygen atoms in total. The summed E-state index contributed by atoms with van der Waals surface area (Å²) < 4.78 is 0. The molecule has 0 saturated carbocycles. The van der Waals surface area contributed by atoms with Gasteiger partial charge in [-0.1, -0.05) is 112 Å².